The van der Waals surface area contributed by atoms with E-state index in [2.05, 4.69) is 0 Å². The number of benzene rings is 2. The van der Waals surface area contributed by atoms with E-state index in [0.29, 0.717) is 5.92 Å². The van der Waals surface area contributed by atoms with Crippen LogP contribution in [0.4, 0.5) is 4.39 Å². The van der Waals surface area contributed by atoms with Crippen molar-refractivity contribution in [2.45, 2.75) is 42.9 Å². The molecule has 0 aliphatic heterocycles. The fraction of sp³-hybridized carbons (Fsp3) is 0.333. The summed E-state index contributed by atoms with van der Waals surface area (Å²) in [4.78, 5) is -0.0599. The molecule has 1 aliphatic rings. The highest BCUT2D eigenvalue weighted by molar-refractivity contribution is 7.87. The van der Waals surface area contributed by atoms with E-state index in [4.69, 9.17) is 4.18 Å². The highest BCUT2D eigenvalue weighted by atomic mass is 32.2. The van der Waals surface area contributed by atoms with Crippen molar-refractivity contribution in [3.05, 3.63) is 59.9 Å². The van der Waals surface area contributed by atoms with E-state index < -0.39 is 15.9 Å². The van der Waals surface area contributed by atoms with Crippen LogP contribution >= 0.6 is 0 Å². The van der Waals surface area contributed by atoms with Crippen LogP contribution in [0.3, 0.4) is 0 Å². The molecule has 1 fully saturated rings. The largest absolute Gasteiger partial charge is 0.379 e. The van der Waals surface area contributed by atoms with E-state index in [-0.39, 0.29) is 10.6 Å². The lowest BCUT2D eigenvalue weighted by molar-refractivity contribution is 0.443. The van der Waals surface area contributed by atoms with Gasteiger partial charge in [-0.15, -0.1) is 0 Å². The van der Waals surface area contributed by atoms with Crippen molar-refractivity contribution < 1.29 is 17.0 Å². The van der Waals surface area contributed by atoms with Crippen molar-refractivity contribution in [3.63, 3.8) is 0 Å². The lowest BCUT2D eigenvalue weighted by Crippen LogP contribution is -2.10. The number of halogens is 1. The van der Waals surface area contributed by atoms with Crippen LogP contribution in [0.5, 0.6) is 5.75 Å². The van der Waals surface area contributed by atoms with E-state index in [1.165, 1.54) is 49.8 Å². The molecule has 2 aromatic rings. The monoisotopic (exact) mass is 334 g/mol. The van der Waals surface area contributed by atoms with E-state index in [9.17, 15) is 12.8 Å². The average molecular weight is 334 g/mol. The van der Waals surface area contributed by atoms with Crippen molar-refractivity contribution in [1.82, 2.24) is 0 Å². The normalized spacial score (nSPS) is 16.2. The maximum Gasteiger partial charge on any atom is 0.339 e. The summed E-state index contributed by atoms with van der Waals surface area (Å²) in [6.45, 7) is 0. The Bertz CT molecular complexity index is 746. The smallest absolute Gasteiger partial charge is 0.339 e. The molecule has 0 unspecified atom stereocenters. The minimum atomic E-state index is -3.93. The molecule has 0 radical (unpaired) electrons. The van der Waals surface area contributed by atoms with Gasteiger partial charge >= 0.3 is 10.1 Å². The van der Waals surface area contributed by atoms with Crippen LogP contribution in [0.1, 0.15) is 43.6 Å². The molecule has 0 spiro atoms. The molecule has 0 heterocycles. The van der Waals surface area contributed by atoms with Crippen molar-refractivity contribution in [2.24, 2.45) is 0 Å². The molecule has 0 atom stereocenters. The first kappa shape index (κ1) is 16.0. The van der Waals surface area contributed by atoms with Crippen LogP contribution in [0, 0.1) is 5.82 Å². The Morgan fingerprint density at radius 3 is 2.09 bits per heavy atom. The quantitative estimate of drug-likeness (QED) is 0.765. The van der Waals surface area contributed by atoms with Crippen LogP contribution in [0.15, 0.2) is 53.4 Å². The van der Waals surface area contributed by atoms with Crippen LogP contribution in [-0.4, -0.2) is 8.42 Å². The van der Waals surface area contributed by atoms with Crippen molar-refractivity contribution in [3.8, 4) is 5.75 Å². The van der Waals surface area contributed by atoms with Crippen molar-refractivity contribution in [2.75, 3.05) is 0 Å². The van der Waals surface area contributed by atoms with Crippen LogP contribution in [-0.2, 0) is 10.1 Å². The molecule has 122 valence electrons. The third-order valence-corrected chi connectivity index (χ3v) is 5.53. The summed E-state index contributed by atoms with van der Waals surface area (Å²) in [6.07, 6.45) is 6.18. The Hall–Kier alpha value is -1.88. The average Bonchev–Trinajstić information content (AvgIpc) is 2.56. The first-order valence-electron chi connectivity index (χ1n) is 7.85. The molecule has 0 aromatic heterocycles. The third kappa shape index (κ3) is 3.91. The Kier molecular flexibility index (Phi) is 4.66. The Balaban J connectivity index is 1.73. The van der Waals surface area contributed by atoms with Gasteiger partial charge in [-0.2, -0.15) is 8.42 Å². The molecule has 0 amide bonds. The summed E-state index contributed by atoms with van der Waals surface area (Å²) in [7, 11) is -3.93. The fourth-order valence-corrected chi connectivity index (χ4v) is 3.94. The van der Waals surface area contributed by atoms with Gasteiger partial charge in [0, 0.05) is 0 Å². The van der Waals surface area contributed by atoms with E-state index >= 15 is 0 Å². The number of rotatable bonds is 4. The minimum Gasteiger partial charge on any atom is -0.379 e. The van der Waals surface area contributed by atoms with Gasteiger partial charge in [-0.25, -0.2) is 4.39 Å². The predicted molar refractivity (Wildman–Crippen MR) is 86.5 cm³/mol. The molecule has 0 bridgehead atoms. The zero-order chi connectivity index (χ0) is 16.3. The first-order valence-corrected chi connectivity index (χ1v) is 9.25. The number of hydrogen-bond donors (Lipinski definition) is 0. The van der Waals surface area contributed by atoms with Gasteiger partial charge in [-0.05, 0) is 60.7 Å². The lowest BCUT2D eigenvalue weighted by atomic mass is 9.84. The van der Waals surface area contributed by atoms with E-state index in [0.717, 1.165) is 12.1 Å². The summed E-state index contributed by atoms with van der Waals surface area (Å²) in [5, 5.41) is 0. The predicted octanol–water partition coefficient (Wildman–Crippen LogP) is 4.64. The van der Waals surface area contributed by atoms with Crippen LogP contribution < -0.4 is 4.18 Å². The topological polar surface area (TPSA) is 43.4 Å². The summed E-state index contributed by atoms with van der Waals surface area (Å²) < 4.78 is 42.3. The summed E-state index contributed by atoms with van der Waals surface area (Å²) in [5.41, 5.74) is 1.23. The molecule has 1 aliphatic carbocycles. The van der Waals surface area contributed by atoms with Crippen LogP contribution in [0.2, 0.25) is 0 Å². The second-order valence-electron chi connectivity index (χ2n) is 5.90. The standard InChI is InChI=1S/C18H19FO3S/c19-16-8-12-18(13-9-16)23(20,21)22-17-10-6-15(7-11-17)14-4-2-1-3-5-14/h6-14H,1-5H2. The highest BCUT2D eigenvalue weighted by Crippen LogP contribution is 2.33. The lowest BCUT2D eigenvalue weighted by Gasteiger charge is -2.22. The summed E-state index contributed by atoms with van der Waals surface area (Å²) in [6, 6.07) is 11.8. The molecule has 2 aromatic carbocycles. The molecule has 1 saturated carbocycles. The molecule has 23 heavy (non-hydrogen) atoms. The van der Waals surface area contributed by atoms with Gasteiger partial charge in [0.1, 0.15) is 16.5 Å². The Labute approximate surface area is 136 Å². The van der Waals surface area contributed by atoms with E-state index in [1.54, 1.807) is 12.1 Å². The third-order valence-electron chi connectivity index (χ3n) is 4.26. The molecular weight excluding hydrogens is 315 g/mol. The molecule has 5 heteroatoms. The molecular formula is C18H19FO3S. The fourth-order valence-electron chi connectivity index (χ4n) is 3.01. The van der Waals surface area contributed by atoms with Gasteiger partial charge in [0.25, 0.3) is 0 Å². The van der Waals surface area contributed by atoms with Gasteiger partial charge < -0.3 is 4.18 Å². The zero-order valence-corrected chi connectivity index (χ0v) is 13.6. The van der Waals surface area contributed by atoms with Gasteiger partial charge in [0.2, 0.25) is 0 Å². The second kappa shape index (κ2) is 6.71. The molecule has 0 saturated heterocycles. The maximum atomic E-state index is 12.9. The Morgan fingerprint density at radius 2 is 1.48 bits per heavy atom. The summed E-state index contributed by atoms with van der Waals surface area (Å²) in [5.74, 6) is 0.348. The first-order chi connectivity index (χ1) is 11.0. The summed E-state index contributed by atoms with van der Waals surface area (Å²) >= 11 is 0. The van der Waals surface area contributed by atoms with Crippen molar-refractivity contribution in [1.29, 1.82) is 0 Å². The van der Waals surface area contributed by atoms with Gasteiger partial charge in [-0.1, -0.05) is 31.4 Å². The zero-order valence-electron chi connectivity index (χ0n) is 12.7. The van der Waals surface area contributed by atoms with E-state index in [1.807, 2.05) is 12.1 Å². The molecule has 0 N–H and O–H groups in total. The minimum absolute atomic E-state index is 0.0599. The van der Waals surface area contributed by atoms with Gasteiger partial charge in [0.15, 0.2) is 0 Å². The van der Waals surface area contributed by atoms with Crippen molar-refractivity contribution >= 4 is 10.1 Å². The highest BCUT2D eigenvalue weighted by Gasteiger charge is 2.18. The van der Waals surface area contributed by atoms with Crippen LogP contribution in [0.25, 0.3) is 0 Å². The number of hydrogen-bond acceptors (Lipinski definition) is 3. The SMILES string of the molecule is O=S(=O)(Oc1ccc(C2CCCCC2)cc1)c1ccc(F)cc1. The van der Waals surface area contributed by atoms with Gasteiger partial charge in [0.05, 0.1) is 0 Å². The van der Waals surface area contributed by atoms with Gasteiger partial charge in [-0.3, -0.25) is 0 Å². The maximum absolute atomic E-state index is 12.9. The molecule has 3 rings (SSSR count). The molecule has 3 nitrogen and oxygen atoms in total. The second-order valence-corrected chi connectivity index (χ2v) is 7.44. The Morgan fingerprint density at radius 1 is 0.870 bits per heavy atom.